The maximum Gasteiger partial charge on any atom is 0.498 e. The standard InChI is InChI=1S/C22H35BN4O5S/c1-14(26-19(29)30-20(2,3)4)17(28)27-10-9-16(13-27)33-18-24-11-15(12-25-18)23-31-21(5,6)22(7,8)32-23/h11-12,14,16H,9-10,13H2,1-8H3,(H,26,29)/t14-,16-/m1/s1. The van der Waals surface area contributed by atoms with E-state index < -0.39 is 36.1 Å². The normalized spacial score (nSPS) is 22.8. The highest BCUT2D eigenvalue weighted by atomic mass is 32.2. The summed E-state index contributed by atoms with van der Waals surface area (Å²) >= 11 is 1.55. The molecule has 0 bridgehead atoms. The van der Waals surface area contributed by atoms with Crippen LogP contribution in [0.3, 0.4) is 0 Å². The zero-order chi connectivity index (χ0) is 24.6. The molecule has 2 fully saturated rings. The molecule has 182 valence electrons. The second-order valence-electron chi connectivity index (χ2n) is 10.6. The van der Waals surface area contributed by atoms with Gasteiger partial charge in [0.1, 0.15) is 11.6 Å². The van der Waals surface area contributed by atoms with Gasteiger partial charge in [-0.3, -0.25) is 4.79 Å². The SMILES string of the molecule is C[C@@H](NC(=O)OC(C)(C)C)C(=O)N1CC[C@@H](Sc2ncc(B3OC(C)(C)C(C)(C)O3)cn2)C1. The van der Waals surface area contributed by atoms with Gasteiger partial charge < -0.3 is 24.3 Å². The van der Waals surface area contributed by atoms with E-state index in [9.17, 15) is 9.59 Å². The molecule has 9 nitrogen and oxygen atoms in total. The number of hydrogen-bond acceptors (Lipinski definition) is 8. The van der Waals surface area contributed by atoms with Gasteiger partial charge in [0.15, 0.2) is 5.16 Å². The number of ether oxygens (including phenoxy) is 1. The van der Waals surface area contributed by atoms with Crippen LogP contribution in [0.25, 0.3) is 0 Å². The predicted molar refractivity (Wildman–Crippen MR) is 127 cm³/mol. The van der Waals surface area contributed by atoms with Crippen molar-refractivity contribution in [2.45, 2.75) is 95.1 Å². The van der Waals surface area contributed by atoms with Crippen LogP contribution in [0.4, 0.5) is 4.79 Å². The molecule has 3 rings (SSSR count). The summed E-state index contributed by atoms with van der Waals surface area (Å²) in [5.41, 5.74) is -0.663. The van der Waals surface area contributed by atoms with Crippen LogP contribution in [0.1, 0.15) is 61.8 Å². The number of thioether (sulfide) groups is 1. The summed E-state index contributed by atoms with van der Waals surface area (Å²) in [6.45, 7) is 16.3. The molecule has 0 saturated carbocycles. The topological polar surface area (TPSA) is 103 Å². The molecule has 0 unspecified atom stereocenters. The lowest BCUT2D eigenvalue weighted by molar-refractivity contribution is -0.131. The Hall–Kier alpha value is -1.85. The molecule has 2 saturated heterocycles. The summed E-state index contributed by atoms with van der Waals surface area (Å²) in [7, 11) is -0.493. The van der Waals surface area contributed by atoms with E-state index >= 15 is 0 Å². The Morgan fingerprint density at radius 3 is 2.33 bits per heavy atom. The Morgan fingerprint density at radius 2 is 1.79 bits per heavy atom. The van der Waals surface area contributed by atoms with E-state index in [1.54, 1.807) is 56.8 Å². The van der Waals surface area contributed by atoms with Crippen molar-refractivity contribution in [1.29, 1.82) is 0 Å². The number of amides is 2. The summed E-state index contributed by atoms with van der Waals surface area (Å²) in [6, 6.07) is -0.654. The molecule has 2 amide bonds. The van der Waals surface area contributed by atoms with Crippen LogP contribution in [0.15, 0.2) is 17.6 Å². The third kappa shape index (κ3) is 6.39. The van der Waals surface area contributed by atoms with Gasteiger partial charge in [0.25, 0.3) is 0 Å². The third-order valence-electron chi connectivity index (χ3n) is 6.01. The number of rotatable bonds is 5. The summed E-state index contributed by atoms with van der Waals surface area (Å²) in [5, 5.41) is 3.45. The van der Waals surface area contributed by atoms with E-state index in [2.05, 4.69) is 15.3 Å². The summed E-state index contributed by atoms with van der Waals surface area (Å²) in [6.07, 6.45) is 3.71. The minimum atomic E-state index is -0.654. The first-order valence-corrected chi connectivity index (χ1v) is 12.2. The molecular formula is C22H35BN4O5S. The fourth-order valence-corrected chi connectivity index (χ4v) is 4.48. The number of alkyl carbamates (subject to hydrolysis) is 1. The second kappa shape index (κ2) is 9.42. The molecular weight excluding hydrogens is 443 g/mol. The number of nitrogens with zero attached hydrogens (tertiary/aromatic N) is 3. The van der Waals surface area contributed by atoms with Crippen molar-refractivity contribution in [1.82, 2.24) is 20.2 Å². The Kier molecular flexibility index (Phi) is 7.36. The van der Waals surface area contributed by atoms with Crippen molar-refractivity contribution in [3.63, 3.8) is 0 Å². The van der Waals surface area contributed by atoms with Crippen LogP contribution in [0.2, 0.25) is 0 Å². The van der Waals surface area contributed by atoms with Gasteiger partial charge in [-0.25, -0.2) is 14.8 Å². The van der Waals surface area contributed by atoms with Crippen LogP contribution in [-0.2, 0) is 18.8 Å². The number of carbonyl (C=O) groups excluding carboxylic acids is 2. The van der Waals surface area contributed by atoms with Gasteiger partial charge in [0.2, 0.25) is 5.91 Å². The fraction of sp³-hybridized carbons (Fsp3) is 0.727. The van der Waals surface area contributed by atoms with E-state index in [-0.39, 0.29) is 11.2 Å². The van der Waals surface area contributed by atoms with Gasteiger partial charge in [-0.15, -0.1) is 0 Å². The monoisotopic (exact) mass is 478 g/mol. The number of nitrogens with one attached hydrogen (secondary N) is 1. The number of hydrogen-bond donors (Lipinski definition) is 1. The highest BCUT2D eigenvalue weighted by Crippen LogP contribution is 2.36. The first-order valence-electron chi connectivity index (χ1n) is 11.3. The summed E-state index contributed by atoms with van der Waals surface area (Å²) in [4.78, 5) is 35.4. The number of carbonyl (C=O) groups is 2. The molecule has 2 atom stereocenters. The van der Waals surface area contributed by atoms with Gasteiger partial charge in [-0.05, 0) is 61.8 Å². The molecule has 2 aliphatic rings. The zero-order valence-electron chi connectivity index (χ0n) is 20.8. The quantitative estimate of drug-likeness (QED) is 0.509. The van der Waals surface area contributed by atoms with Gasteiger partial charge in [0.05, 0.1) is 11.2 Å². The van der Waals surface area contributed by atoms with Crippen molar-refractivity contribution < 1.29 is 23.6 Å². The van der Waals surface area contributed by atoms with Crippen molar-refractivity contribution in [3.05, 3.63) is 12.4 Å². The molecule has 33 heavy (non-hydrogen) atoms. The molecule has 0 radical (unpaired) electrons. The largest absolute Gasteiger partial charge is 0.498 e. The van der Waals surface area contributed by atoms with Gasteiger partial charge in [-0.2, -0.15) is 0 Å². The molecule has 3 heterocycles. The zero-order valence-corrected chi connectivity index (χ0v) is 21.6. The second-order valence-corrected chi connectivity index (χ2v) is 11.8. The first kappa shape index (κ1) is 25.8. The minimum absolute atomic E-state index is 0.124. The van der Waals surface area contributed by atoms with Crippen molar-refractivity contribution in [2.24, 2.45) is 0 Å². The van der Waals surface area contributed by atoms with E-state index in [1.807, 2.05) is 27.7 Å². The third-order valence-corrected chi connectivity index (χ3v) is 7.15. The van der Waals surface area contributed by atoms with Crippen LogP contribution < -0.4 is 10.8 Å². The molecule has 0 aliphatic carbocycles. The molecule has 1 aromatic heterocycles. The Labute approximate surface area is 200 Å². The van der Waals surface area contributed by atoms with Gasteiger partial charge in [-0.1, -0.05) is 11.8 Å². The average molecular weight is 478 g/mol. The van der Waals surface area contributed by atoms with Gasteiger partial charge >= 0.3 is 13.2 Å². The van der Waals surface area contributed by atoms with Crippen LogP contribution in [0.5, 0.6) is 0 Å². The van der Waals surface area contributed by atoms with E-state index in [0.29, 0.717) is 18.2 Å². The van der Waals surface area contributed by atoms with E-state index in [0.717, 1.165) is 11.9 Å². The summed E-state index contributed by atoms with van der Waals surface area (Å²) < 4.78 is 17.3. The highest BCUT2D eigenvalue weighted by molar-refractivity contribution is 7.99. The number of likely N-dealkylation sites (tertiary alicyclic amines) is 1. The lowest BCUT2D eigenvalue weighted by atomic mass is 9.81. The van der Waals surface area contributed by atoms with E-state index in [1.165, 1.54) is 0 Å². The Morgan fingerprint density at radius 1 is 1.21 bits per heavy atom. The molecule has 0 spiro atoms. The van der Waals surface area contributed by atoms with Gasteiger partial charge in [0, 0.05) is 36.2 Å². The molecule has 1 N–H and O–H groups in total. The highest BCUT2D eigenvalue weighted by Gasteiger charge is 2.52. The molecule has 11 heteroatoms. The average Bonchev–Trinajstić information content (AvgIpc) is 3.21. The van der Waals surface area contributed by atoms with Crippen molar-refractivity contribution in [2.75, 3.05) is 13.1 Å². The summed E-state index contributed by atoms with van der Waals surface area (Å²) in [5.74, 6) is -0.124. The maximum absolute atomic E-state index is 12.7. The van der Waals surface area contributed by atoms with Crippen molar-refractivity contribution >= 4 is 36.3 Å². The first-order chi connectivity index (χ1) is 15.2. The fourth-order valence-electron chi connectivity index (χ4n) is 3.48. The lowest BCUT2D eigenvalue weighted by Gasteiger charge is -2.32. The van der Waals surface area contributed by atoms with Crippen LogP contribution in [-0.4, -0.2) is 75.2 Å². The van der Waals surface area contributed by atoms with Crippen molar-refractivity contribution in [3.8, 4) is 0 Å². The molecule has 1 aromatic rings. The van der Waals surface area contributed by atoms with E-state index in [4.69, 9.17) is 14.0 Å². The molecule has 2 aliphatic heterocycles. The predicted octanol–water partition coefficient (Wildman–Crippen LogP) is 2.38. The lowest BCUT2D eigenvalue weighted by Crippen LogP contribution is -2.47. The Balaban J connectivity index is 1.50. The minimum Gasteiger partial charge on any atom is -0.444 e. The molecule has 0 aromatic carbocycles. The Bertz CT molecular complexity index is 859. The maximum atomic E-state index is 12.7. The smallest absolute Gasteiger partial charge is 0.444 e. The number of aromatic nitrogens is 2. The van der Waals surface area contributed by atoms with Crippen LogP contribution >= 0.6 is 11.8 Å². The van der Waals surface area contributed by atoms with Crippen LogP contribution in [0, 0.1) is 0 Å².